The third kappa shape index (κ3) is 1.88. The number of anilines is 1. The Bertz CT molecular complexity index is 394. The van der Waals surface area contributed by atoms with E-state index in [0.29, 0.717) is 37.3 Å². The second-order valence-corrected chi connectivity index (χ2v) is 4.13. The van der Waals surface area contributed by atoms with Gasteiger partial charge < -0.3 is 15.7 Å². The maximum Gasteiger partial charge on any atom is 0.276 e. The van der Waals surface area contributed by atoms with E-state index in [0.717, 1.165) is 0 Å². The number of aryl methyl sites for hydroxylation is 1. The van der Waals surface area contributed by atoms with Gasteiger partial charge in [-0.1, -0.05) is 0 Å². The molecule has 0 bridgehead atoms. The van der Waals surface area contributed by atoms with Crippen LogP contribution in [-0.4, -0.2) is 45.3 Å². The number of nitrogen functional groups attached to an aromatic ring is 1. The lowest BCUT2D eigenvalue weighted by molar-refractivity contribution is 0.0542. The quantitative estimate of drug-likeness (QED) is 0.620. The van der Waals surface area contributed by atoms with E-state index in [1.165, 1.54) is 0 Å². The molecular weight excluding hydrogens is 208 g/mol. The summed E-state index contributed by atoms with van der Waals surface area (Å²) in [5, 5.41) is 16.0. The van der Waals surface area contributed by atoms with Crippen LogP contribution in [0.1, 0.15) is 29.0 Å². The first kappa shape index (κ1) is 10.9. The van der Waals surface area contributed by atoms with Gasteiger partial charge in [0.25, 0.3) is 5.91 Å². The fourth-order valence-corrected chi connectivity index (χ4v) is 1.82. The van der Waals surface area contributed by atoms with Gasteiger partial charge in [-0.05, 0) is 19.8 Å². The Morgan fingerprint density at radius 1 is 1.56 bits per heavy atom. The van der Waals surface area contributed by atoms with Crippen LogP contribution in [-0.2, 0) is 0 Å². The number of aromatic nitrogens is 2. The number of hydrogen-bond acceptors (Lipinski definition) is 4. The lowest BCUT2D eigenvalue weighted by atomic mass is 10.1. The van der Waals surface area contributed by atoms with Crippen LogP contribution in [0.15, 0.2) is 0 Å². The van der Waals surface area contributed by atoms with E-state index >= 15 is 0 Å². The molecule has 1 saturated heterocycles. The minimum atomic E-state index is -0.290. The van der Waals surface area contributed by atoms with E-state index in [-0.39, 0.29) is 17.7 Å². The molecule has 0 aromatic carbocycles. The lowest BCUT2D eigenvalue weighted by Crippen LogP contribution is -2.40. The van der Waals surface area contributed by atoms with Crippen molar-refractivity contribution in [1.82, 2.24) is 15.1 Å². The zero-order valence-corrected chi connectivity index (χ0v) is 9.23. The molecule has 88 valence electrons. The first-order valence-corrected chi connectivity index (χ1v) is 5.37. The van der Waals surface area contributed by atoms with Crippen molar-refractivity contribution in [2.75, 3.05) is 18.8 Å². The maximum absolute atomic E-state index is 12.0. The van der Waals surface area contributed by atoms with Crippen molar-refractivity contribution < 1.29 is 9.90 Å². The van der Waals surface area contributed by atoms with Crippen LogP contribution in [0.2, 0.25) is 0 Å². The molecule has 16 heavy (non-hydrogen) atoms. The van der Waals surface area contributed by atoms with Crippen molar-refractivity contribution >= 4 is 11.6 Å². The second-order valence-electron chi connectivity index (χ2n) is 4.13. The van der Waals surface area contributed by atoms with Crippen LogP contribution >= 0.6 is 0 Å². The molecule has 1 aromatic rings. The highest BCUT2D eigenvalue weighted by atomic mass is 16.3. The number of amides is 1. The van der Waals surface area contributed by atoms with Crippen LogP contribution in [0.4, 0.5) is 5.69 Å². The van der Waals surface area contributed by atoms with Crippen LogP contribution in [0.5, 0.6) is 0 Å². The minimum absolute atomic E-state index is 0.159. The number of nitrogens with one attached hydrogen (secondary N) is 1. The smallest absolute Gasteiger partial charge is 0.276 e. The number of nitrogens with two attached hydrogens (primary N) is 1. The van der Waals surface area contributed by atoms with Crippen LogP contribution in [0.25, 0.3) is 0 Å². The van der Waals surface area contributed by atoms with Gasteiger partial charge in [0.1, 0.15) is 0 Å². The summed E-state index contributed by atoms with van der Waals surface area (Å²) in [6.07, 6.45) is 0.951. The van der Waals surface area contributed by atoms with Gasteiger partial charge in [0.05, 0.1) is 17.5 Å². The molecule has 0 spiro atoms. The number of aliphatic hydroxyl groups excluding tert-OH is 1. The summed E-state index contributed by atoms with van der Waals surface area (Å²) in [7, 11) is 0. The van der Waals surface area contributed by atoms with Gasteiger partial charge in [0.15, 0.2) is 5.69 Å². The summed E-state index contributed by atoms with van der Waals surface area (Å²) < 4.78 is 0. The Labute approximate surface area is 93.4 Å². The van der Waals surface area contributed by atoms with Crippen molar-refractivity contribution in [3.63, 3.8) is 0 Å². The Kier molecular flexibility index (Phi) is 2.82. The highest BCUT2D eigenvalue weighted by Crippen LogP contribution is 2.18. The van der Waals surface area contributed by atoms with E-state index < -0.39 is 0 Å². The fraction of sp³-hybridized carbons (Fsp3) is 0.600. The number of likely N-dealkylation sites (tertiary alicyclic amines) is 1. The molecule has 6 nitrogen and oxygen atoms in total. The fourth-order valence-electron chi connectivity index (χ4n) is 1.82. The van der Waals surface area contributed by atoms with E-state index in [4.69, 9.17) is 5.73 Å². The van der Waals surface area contributed by atoms with Crippen molar-refractivity contribution in [3.05, 3.63) is 11.4 Å². The van der Waals surface area contributed by atoms with Crippen molar-refractivity contribution in [2.24, 2.45) is 0 Å². The molecule has 0 aliphatic carbocycles. The van der Waals surface area contributed by atoms with E-state index in [1.54, 1.807) is 11.8 Å². The Hall–Kier alpha value is -1.56. The number of hydrogen-bond donors (Lipinski definition) is 3. The predicted octanol–water partition coefficient (Wildman–Crippen LogP) is -0.103. The number of rotatable bonds is 1. The third-order valence-corrected chi connectivity index (χ3v) is 2.95. The molecule has 0 atom stereocenters. The number of aliphatic hydroxyl groups is 1. The van der Waals surface area contributed by atoms with Crippen molar-refractivity contribution in [3.8, 4) is 0 Å². The van der Waals surface area contributed by atoms with Gasteiger partial charge in [0.2, 0.25) is 0 Å². The molecule has 1 aliphatic rings. The largest absolute Gasteiger partial charge is 0.395 e. The lowest BCUT2D eigenvalue weighted by Gasteiger charge is -2.29. The summed E-state index contributed by atoms with van der Waals surface area (Å²) in [6, 6.07) is 0. The molecular formula is C10H16N4O2. The molecule has 0 unspecified atom stereocenters. The second kappa shape index (κ2) is 4.13. The molecule has 1 aromatic heterocycles. The van der Waals surface area contributed by atoms with Gasteiger partial charge in [-0.25, -0.2) is 0 Å². The molecule has 1 aliphatic heterocycles. The van der Waals surface area contributed by atoms with Gasteiger partial charge in [-0.2, -0.15) is 5.10 Å². The Balaban J connectivity index is 2.11. The van der Waals surface area contributed by atoms with Crippen LogP contribution < -0.4 is 5.73 Å². The maximum atomic E-state index is 12.0. The predicted molar refractivity (Wildman–Crippen MR) is 58.9 cm³/mol. The summed E-state index contributed by atoms with van der Waals surface area (Å²) in [5.41, 5.74) is 7.15. The number of carbonyl (C=O) groups is 1. The van der Waals surface area contributed by atoms with E-state index in [1.807, 2.05) is 0 Å². The van der Waals surface area contributed by atoms with Crippen molar-refractivity contribution in [1.29, 1.82) is 0 Å². The molecule has 2 rings (SSSR count). The molecule has 1 amide bonds. The van der Waals surface area contributed by atoms with Crippen LogP contribution in [0, 0.1) is 6.92 Å². The first-order chi connectivity index (χ1) is 7.59. The molecule has 4 N–H and O–H groups in total. The summed E-state index contributed by atoms with van der Waals surface area (Å²) in [6.45, 7) is 2.90. The number of aromatic amines is 1. The van der Waals surface area contributed by atoms with Crippen LogP contribution in [0.3, 0.4) is 0 Å². The normalized spacial score (nSPS) is 17.8. The van der Waals surface area contributed by atoms with E-state index in [9.17, 15) is 9.90 Å². The zero-order valence-electron chi connectivity index (χ0n) is 9.23. The number of piperidine rings is 1. The highest BCUT2D eigenvalue weighted by Gasteiger charge is 2.25. The highest BCUT2D eigenvalue weighted by molar-refractivity contribution is 5.97. The molecule has 0 radical (unpaired) electrons. The molecule has 2 heterocycles. The molecule has 1 fully saturated rings. The first-order valence-electron chi connectivity index (χ1n) is 5.37. The minimum Gasteiger partial charge on any atom is -0.395 e. The zero-order chi connectivity index (χ0) is 11.7. The molecule has 6 heteroatoms. The summed E-state index contributed by atoms with van der Waals surface area (Å²) >= 11 is 0. The van der Waals surface area contributed by atoms with E-state index in [2.05, 4.69) is 10.2 Å². The number of carbonyl (C=O) groups excluding carboxylic acids is 1. The van der Waals surface area contributed by atoms with Gasteiger partial charge >= 0.3 is 0 Å². The Morgan fingerprint density at radius 3 is 2.69 bits per heavy atom. The Morgan fingerprint density at radius 2 is 2.19 bits per heavy atom. The average molecular weight is 224 g/mol. The van der Waals surface area contributed by atoms with Gasteiger partial charge in [0, 0.05) is 13.1 Å². The SMILES string of the molecule is Cc1[nH]nc(C(=O)N2CCC(O)CC2)c1N. The topological polar surface area (TPSA) is 95.2 Å². The number of nitrogens with zero attached hydrogens (tertiary/aromatic N) is 2. The summed E-state index contributed by atoms with van der Waals surface area (Å²) in [4.78, 5) is 13.7. The average Bonchev–Trinajstić information content (AvgIpc) is 2.60. The van der Waals surface area contributed by atoms with Gasteiger partial charge in [-0.3, -0.25) is 9.89 Å². The monoisotopic (exact) mass is 224 g/mol. The number of H-pyrrole nitrogens is 1. The standard InChI is InChI=1S/C10H16N4O2/c1-6-8(11)9(13-12-6)10(16)14-4-2-7(15)3-5-14/h7,15H,2-5,11H2,1H3,(H,12,13). The third-order valence-electron chi connectivity index (χ3n) is 2.95. The van der Waals surface area contributed by atoms with Crippen molar-refractivity contribution in [2.45, 2.75) is 25.9 Å². The summed E-state index contributed by atoms with van der Waals surface area (Å²) in [5.74, 6) is -0.159. The van der Waals surface area contributed by atoms with Gasteiger partial charge in [-0.15, -0.1) is 0 Å². The molecule has 0 saturated carbocycles.